The molecule has 1 aliphatic rings. The molecule has 0 bridgehead atoms. The monoisotopic (exact) mass is 229 g/mol. The Morgan fingerprint density at radius 1 is 1.38 bits per heavy atom. The highest BCUT2D eigenvalue weighted by molar-refractivity contribution is 6.04. The molecule has 1 rings (SSSR count). The van der Waals surface area contributed by atoms with Crippen LogP contribution in [0.1, 0.15) is 33.1 Å². The second kappa shape index (κ2) is 4.82. The number of carbonyl (C=O) groups is 2. The van der Waals surface area contributed by atoms with Crippen molar-refractivity contribution in [1.82, 2.24) is 5.32 Å². The lowest BCUT2D eigenvalue weighted by Gasteiger charge is -2.15. The number of aliphatic hydroxyl groups excluding tert-OH is 1. The fourth-order valence-electron chi connectivity index (χ4n) is 1.50. The van der Waals surface area contributed by atoms with E-state index in [-0.39, 0.29) is 5.92 Å². The van der Waals surface area contributed by atoms with Gasteiger partial charge in [-0.2, -0.15) is 0 Å². The Bertz CT molecular complexity index is 284. The molecule has 0 aliphatic heterocycles. The number of amides is 1. The number of carboxylic acids is 1. The van der Waals surface area contributed by atoms with Crippen molar-refractivity contribution in [3.63, 3.8) is 0 Å². The minimum absolute atomic E-state index is 0.145. The minimum Gasteiger partial charge on any atom is -0.480 e. The molecule has 92 valence electrons. The summed E-state index contributed by atoms with van der Waals surface area (Å²) >= 11 is 0. The Balaban J connectivity index is 2.29. The van der Waals surface area contributed by atoms with Crippen molar-refractivity contribution in [3.05, 3.63) is 0 Å². The van der Waals surface area contributed by atoms with Gasteiger partial charge in [0.2, 0.25) is 5.91 Å². The molecule has 1 atom stereocenters. The van der Waals surface area contributed by atoms with Crippen LogP contribution < -0.4 is 5.32 Å². The Morgan fingerprint density at radius 3 is 2.31 bits per heavy atom. The van der Waals surface area contributed by atoms with Crippen LogP contribution in [0, 0.1) is 11.3 Å². The Hall–Kier alpha value is -1.10. The molecule has 0 radical (unpaired) electrons. The first-order valence-electron chi connectivity index (χ1n) is 5.60. The lowest BCUT2D eigenvalue weighted by atomic mass is 10.0. The van der Waals surface area contributed by atoms with Gasteiger partial charge in [-0.15, -0.1) is 0 Å². The molecule has 1 saturated carbocycles. The molecule has 0 spiro atoms. The second-order valence-corrected chi connectivity index (χ2v) is 4.74. The number of hydrogen-bond acceptors (Lipinski definition) is 3. The normalized spacial score (nSPS) is 19.2. The van der Waals surface area contributed by atoms with Crippen LogP contribution in [0.15, 0.2) is 0 Å². The zero-order valence-electron chi connectivity index (χ0n) is 9.69. The van der Waals surface area contributed by atoms with Crippen LogP contribution >= 0.6 is 0 Å². The molecule has 0 heterocycles. The summed E-state index contributed by atoms with van der Waals surface area (Å²) in [7, 11) is 0. The summed E-state index contributed by atoms with van der Waals surface area (Å²) in [6, 6.07) is 0. The summed E-state index contributed by atoms with van der Waals surface area (Å²) in [4.78, 5) is 22.4. The first kappa shape index (κ1) is 13.0. The number of carboxylic acid groups (broad SMARTS) is 1. The molecule has 0 aromatic heterocycles. The lowest BCUT2D eigenvalue weighted by Crippen LogP contribution is -2.38. The van der Waals surface area contributed by atoms with E-state index in [2.05, 4.69) is 5.32 Å². The number of hydrogen-bond donors (Lipinski definition) is 3. The third kappa shape index (κ3) is 2.72. The van der Waals surface area contributed by atoms with E-state index in [0.717, 1.165) is 0 Å². The predicted octanol–water partition coefficient (Wildman–Crippen LogP) is 0.374. The number of rotatable bonds is 6. The Kier molecular flexibility index (Phi) is 3.91. The van der Waals surface area contributed by atoms with Crippen LogP contribution in [-0.2, 0) is 9.59 Å². The highest BCUT2D eigenvalue weighted by Gasteiger charge is 2.56. The highest BCUT2D eigenvalue weighted by atomic mass is 16.4. The van der Waals surface area contributed by atoms with Crippen molar-refractivity contribution >= 4 is 11.9 Å². The highest BCUT2D eigenvalue weighted by Crippen LogP contribution is 2.46. The summed E-state index contributed by atoms with van der Waals surface area (Å²) in [5.41, 5.74) is -1.18. The first-order chi connectivity index (χ1) is 7.40. The molecule has 0 aromatic carbocycles. The van der Waals surface area contributed by atoms with Gasteiger partial charge in [0.15, 0.2) is 0 Å². The van der Waals surface area contributed by atoms with Crippen molar-refractivity contribution in [2.45, 2.75) is 39.2 Å². The van der Waals surface area contributed by atoms with E-state index in [9.17, 15) is 14.7 Å². The van der Waals surface area contributed by atoms with E-state index in [0.29, 0.717) is 25.8 Å². The topological polar surface area (TPSA) is 86.6 Å². The van der Waals surface area contributed by atoms with Gasteiger partial charge in [0.25, 0.3) is 0 Å². The van der Waals surface area contributed by atoms with Crippen LogP contribution in [0.2, 0.25) is 0 Å². The molecule has 5 heteroatoms. The number of nitrogens with one attached hydrogen (secondary N) is 1. The van der Waals surface area contributed by atoms with Crippen molar-refractivity contribution < 1.29 is 19.8 Å². The number of aliphatic hydroxyl groups is 1. The average Bonchev–Trinajstić information content (AvgIpc) is 2.97. The standard InChI is InChI=1S/C11H19NO4/c1-7(2)8(13)3-6-12-9(14)11(4-5-11)10(15)16/h7-8,13H,3-6H2,1-2H3,(H,12,14)(H,15,16). The predicted molar refractivity (Wildman–Crippen MR) is 57.8 cm³/mol. The quantitative estimate of drug-likeness (QED) is 0.574. The van der Waals surface area contributed by atoms with E-state index >= 15 is 0 Å². The summed E-state index contributed by atoms with van der Waals surface area (Å²) in [5.74, 6) is -1.32. The zero-order chi connectivity index (χ0) is 12.3. The molecule has 1 fully saturated rings. The van der Waals surface area contributed by atoms with Gasteiger partial charge < -0.3 is 15.5 Å². The van der Waals surface area contributed by atoms with E-state index < -0.39 is 23.4 Å². The molecule has 16 heavy (non-hydrogen) atoms. The smallest absolute Gasteiger partial charge is 0.319 e. The fourth-order valence-corrected chi connectivity index (χ4v) is 1.50. The molecule has 5 nitrogen and oxygen atoms in total. The van der Waals surface area contributed by atoms with Gasteiger partial charge in [0.05, 0.1) is 6.10 Å². The minimum atomic E-state index is -1.18. The van der Waals surface area contributed by atoms with E-state index in [1.807, 2.05) is 13.8 Å². The first-order valence-corrected chi connectivity index (χ1v) is 5.60. The van der Waals surface area contributed by atoms with E-state index in [4.69, 9.17) is 5.11 Å². The van der Waals surface area contributed by atoms with E-state index in [1.165, 1.54) is 0 Å². The molecule has 1 aliphatic carbocycles. The van der Waals surface area contributed by atoms with Crippen LogP contribution in [-0.4, -0.2) is 34.7 Å². The third-order valence-electron chi connectivity index (χ3n) is 3.09. The van der Waals surface area contributed by atoms with Gasteiger partial charge >= 0.3 is 5.97 Å². The fraction of sp³-hybridized carbons (Fsp3) is 0.818. The molecular formula is C11H19NO4. The van der Waals surface area contributed by atoms with Crippen LogP contribution in [0.3, 0.4) is 0 Å². The van der Waals surface area contributed by atoms with Crippen molar-refractivity contribution in [3.8, 4) is 0 Å². The van der Waals surface area contributed by atoms with Crippen LogP contribution in [0.5, 0.6) is 0 Å². The summed E-state index contributed by atoms with van der Waals surface area (Å²) in [5, 5.41) is 20.9. The van der Waals surface area contributed by atoms with Gasteiger partial charge in [-0.3, -0.25) is 9.59 Å². The molecule has 0 saturated heterocycles. The maximum atomic E-state index is 11.5. The molecule has 1 unspecified atom stereocenters. The molecule has 3 N–H and O–H groups in total. The van der Waals surface area contributed by atoms with Crippen molar-refractivity contribution in [1.29, 1.82) is 0 Å². The van der Waals surface area contributed by atoms with Gasteiger partial charge in [0, 0.05) is 6.54 Å². The molecule has 1 amide bonds. The van der Waals surface area contributed by atoms with Crippen molar-refractivity contribution in [2.24, 2.45) is 11.3 Å². The second-order valence-electron chi connectivity index (χ2n) is 4.74. The summed E-state index contributed by atoms with van der Waals surface area (Å²) in [6.07, 6.45) is 0.834. The zero-order valence-corrected chi connectivity index (χ0v) is 9.69. The summed E-state index contributed by atoms with van der Waals surface area (Å²) < 4.78 is 0. The van der Waals surface area contributed by atoms with Crippen LogP contribution in [0.4, 0.5) is 0 Å². The third-order valence-corrected chi connectivity index (χ3v) is 3.09. The maximum absolute atomic E-state index is 11.5. The Morgan fingerprint density at radius 2 is 1.94 bits per heavy atom. The summed E-state index contributed by atoms with van der Waals surface area (Å²) in [6.45, 7) is 4.12. The van der Waals surface area contributed by atoms with Gasteiger partial charge in [0.1, 0.15) is 5.41 Å². The SMILES string of the molecule is CC(C)C(O)CCNC(=O)C1(C(=O)O)CC1. The van der Waals surface area contributed by atoms with Crippen molar-refractivity contribution in [2.75, 3.05) is 6.54 Å². The van der Waals surface area contributed by atoms with Gasteiger partial charge in [-0.1, -0.05) is 13.8 Å². The van der Waals surface area contributed by atoms with Gasteiger partial charge in [-0.05, 0) is 25.2 Å². The van der Waals surface area contributed by atoms with Crippen LogP contribution in [0.25, 0.3) is 0 Å². The number of carbonyl (C=O) groups excluding carboxylic acids is 1. The molecular weight excluding hydrogens is 210 g/mol. The number of aliphatic carboxylic acids is 1. The Labute approximate surface area is 94.8 Å². The largest absolute Gasteiger partial charge is 0.480 e. The average molecular weight is 229 g/mol. The maximum Gasteiger partial charge on any atom is 0.319 e. The van der Waals surface area contributed by atoms with Gasteiger partial charge in [-0.25, -0.2) is 0 Å². The molecule has 0 aromatic rings. The van der Waals surface area contributed by atoms with E-state index in [1.54, 1.807) is 0 Å². The lowest BCUT2D eigenvalue weighted by molar-refractivity contribution is -0.149.